The Morgan fingerprint density at radius 1 is 1.00 bits per heavy atom. The first-order chi connectivity index (χ1) is 8.90. The van der Waals surface area contributed by atoms with Crippen LogP contribution in [0.3, 0.4) is 0 Å². The number of rotatable bonds is 10. The number of amides is 1. The van der Waals surface area contributed by atoms with E-state index in [0.717, 1.165) is 32.0 Å². The van der Waals surface area contributed by atoms with E-state index in [1.807, 2.05) is 4.90 Å². The molecule has 0 N–H and O–H groups in total. The van der Waals surface area contributed by atoms with Crippen molar-refractivity contribution in [2.45, 2.75) is 71.6 Å². The molecule has 0 aliphatic carbocycles. The molecule has 19 heavy (non-hydrogen) atoms. The lowest BCUT2D eigenvalue weighted by Crippen LogP contribution is -2.34. The Bertz CT molecular complexity index is 239. The van der Waals surface area contributed by atoms with Crippen molar-refractivity contribution in [1.82, 2.24) is 4.90 Å². The molecule has 0 aromatic heterocycles. The van der Waals surface area contributed by atoms with Gasteiger partial charge in [0.25, 0.3) is 0 Å². The molecule has 0 unspecified atom stereocenters. The van der Waals surface area contributed by atoms with Gasteiger partial charge < -0.3 is 9.64 Å². The first-order valence-corrected chi connectivity index (χ1v) is 11.5. The summed E-state index contributed by atoms with van der Waals surface area (Å²) in [6.07, 6.45) is 5.67. The monoisotopic (exact) mass is 287 g/mol. The third-order valence-corrected chi connectivity index (χ3v) is 4.82. The largest absolute Gasteiger partial charge is 0.450 e. The van der Waals surface area contributed by atoms with Gasteiger partial charge in [-0.1, -0.05) is 52.8 Å². The van der Waals surface area contributed by atoms with Crippen LogP contribution in [0.1, 0.15) is 46.0 Å². The normalized spacial score (nSPS) is 11.4. The van der Waals surface area contributed by atoms with Gasteiger partial charge in [-0.3, -0.25) is 0 Å². The van der Waals surface area contributed by atoms with Crippen LogP contribution in [0, 0.1) is 0 Å². The van der Waals surface area contributed by atoms with E-state index in [9.17, 15) is 4.79 Å². The predicted octanol–water partition coefficient (Wildman–Crippen LogP) is 4.75. The molecule has 0 atom stereocenters. The van der Waals surface area contributed by atoms with E-state index in [4.69, 9.17) is 4.74 Å². The van der Waals surface area contributed by atoms with Gasteiger partial charge in [-0.25, -0.2) is 4.79 Å². The first kappa shape index (κ1) is 18.5. The molecule has 0 aromatic rings. The molecule has 0 aliphatic rings. The molecule has 0 aliphatic heterocycles. The molecule has 3 nitrogen and oxygen atoms in total. The van der Waals surface area contributed by atoms with Gasteiger partial charge in [-0.05, 0) is 18.9 Å². The number of hydrogen-bond acceptors (Lipinski definition) is 2. The first-order valence-electron chi connectivity index (χ1n) is 7.82. The summed E-state index contributed by atoms with van der Waals surface area (Å²) in [6.45, 7) is 13.5. The van der Waals surface area contributed by atoms with Crippen LogP contribution in [0.2, 0.25) is 25.7 Å². The second kappa shape index (κ2) is 10.3. The molecule has 0 bridgehead atoms. The summed E-state index contributed by atoms with van der Waals surface area (Å²) in [7, 11) is -1.11. The van der Waals surface area contributed by atoms with Crippen LogP contribution < -0.4 is 0 Å². The van der Waals surface area contributed by atoms with Crippen LogP contribution >= 0.6 is 0 Å². The van der Waals surface area contributed by atoms with Crippen molar-refractivity contribution in [3.63, 3.8) is 0 Å². The van der Waals surface area contributed by atoms with Crippen molar-refractivity contribution in [2.75, 3.05) is 19.7 Å². The SMILES string of the molecule is CCCCCCN(CCC)C(=O)OCC[Si](C)(C)C. The summed E-state index contributed by atoms with van der Waals surface area (Å²) in [5.74, 6) is 0. The van der Waals surface area contributed by atoms with E-state index < -0.39 is 8.07 Å². The third-order valence-electron chi connectivity index (χ3n) is 3.11. The van der Waals surface area contributed by atoms with Crippen LogP contribution in [0.25, 0.3) is 0 Å². The summed E-state index contributed by atoms with van der Waals surface area (Å²) in [5.41, 5.74) is 0. The van der Waals surface area contributed by atoms with Crippen molar-refractivity contribution >= 4 is 14.2 Å². The Morgan fingerprint density at radius 3 is 2.21 bits per heavy atom. The molecule has 0 rings (SSSR count). The lowest BCUT2D eigenvalue weighted by atomic mass is 10.2. The minimum atomic E-state index is -1.11. The number of unbranched alkanes of at least 4 members (excludes halogenated alkanes) is 3. The van der Waals surface area contributed by atoms with Crippen LogP contribution in [0.5, 0.6) is 0 Å². The van der Waals surface area contributed by atoms with Gasteiger partial charge in [0.15, 0.2) is 0 Å². The third kappa shape index (κ3) is 11.0. The predicted molar refractivity (Wildman–Crippen MR) is 85.5 cm³/mol. The lowest BCUT2D eigenvalue weighted by molar-refractivity contribution is 0.106. The van der Waals surface area contributed by atoms with E-state index in [0.29, 0.717) is 6.61 Å². The van der Waals surface area contributed by atoms with Crippen LogP contribution in [0.15, 0.2) is 0 Å². The second-order valence-corrected chi connectivity index (χ2v) is 12.1. The van der Waals surface area contributed by atoms with E-state index in [2.05, 4.69) is 33.5 Å². The molecule has 0 spiro atoms. The Hall–Kier alpha value is -0.513. The van der Waals surface area contributed by atoms with Crippen LogP contribution in [-0.4, -0.2) is 38.8 Å². The average Bonchev–Trinajstić information content (AvgIpc) is 2.31. The molecule has 0 fully saturated rings. The highest BCUT2D eigenvalue weighted by Gasteiger charge is 2.17. The van der Waals surface area contributed by atoms with Gasteiger partial charge in [0.2, 0.25) is 0 Å². The summed E-state index contributed by atoms with van der Waals surface area (Å²) < 4.78 is 5.41. The van der Waals surface area contributed by atoms with Gasteiger partial charge in [0.05, 0.1) is 6.61 Å². The summed E-state index contributed by atoms with van der Waals surface area (Å²) >= 11 is 0. The van der Waals surface area contributed by atoms with Crippen molar-refractivity contribution in [3.05, 3.63) is 0 Å². The molecule has 0 saturated carbocycles. The fourth-order valence-corrected chi connectivity index (χ4v) is 2.54. The standard InChI is InChI=1S/C15H33NO2Si/c1-6-8-9-10-12-16(11-7-2)15(17)18-13-14-19(3,4)5/h6-14H2,1-5H3. The van der Waals surface area contributed by atoms with Crippen LogP contribution in [0.4, 0.5) is 4.79 Å². The maximum atomic E-state index is 12.0. The minimum Gasteiger partial charge on any atom is -0.450 e. The highest BCUT2D eigenvalue weighted by atomic mass is 28.3. The van der Waals surface area contributed by atoms with Gasteiger partial charge in [-0.15, -0.1) is 0 Å². The Morgan fingerprint density at radius 2 is 1.68 bits per heavy atom. The van der Waals surface area contributed by atoms with Crippen molar-refractivity contribution in [2.24, 2.45) is 0 Å². The van der Waals surface area contributed by atoms with Crippen molar-refractivity contribution < 1.29 is 9.53 Å². The summed E-state index contributed by atoms with van der Waals surface area (Å²) in [6, 6.07) is 1.05. The quantitative estimate of drug-likeness (QED) is 0.428. The van der Waals surface area contributed by atoms with E-state index >= 15 is 0 Å². The fraction of sp³-hybridized carbons (Fsp3) is 0.933. The summed E-state index contributed by atoms with van der Waals surface area (Å²) in [5, 5.41) is 0. The zero-order valence-electron chi connectivity index (χ0n) is 13.6. The fourth-order valence-electron chi connectivity index (χ4n) is 1.83. The molecule has 4 heteroatoms. The number of ether oxygens (including phenoxy) is 1. The maximum Gasteiger partial charge on any atom is 0.409 e. The smallest absolute Gasteiger partial charge is 0.409 e. The molecular weight excluding hydrogens is 254 g/mol. The molecule has 0 aromatic carbocycles. The Balaban J connectivity index is 3.96. The van der Waals surface area contributed by atoms with Gasteiger partial charge in [-0.2, -0.15) is 0 Å². The molecule has 114 valence electrons. The Kier molecular flexibility index (Phi) is 10.0. The molecular formula is C15H33NO2Si. The maximum absolute atomic E-state index is 12.0. The number of carbonyl (C=O) groups is 1. The van der Waals surface area contributed by atoms with Gasteiger partial charge in [0.1, 0.15) is 0 Å². The second-order valence-electron chi connectivity index (χ2n) is 6.47. The molecule has 0 radical (unpaired) electrons. The topological polar surface area (TPSA) is 29.5 Å². The molecule has 0 heterocycles. The zero-order valence-corrected chi connectivity index (χ0v) is 14.6. The number of hydrogen-bond donors (Lipinski definition) is 0. The van der Waals surface area contributed by atoms with Gasteiger partial charge in [0, 0.05) is 21.2 Å². The lowest BCUT2D eigenvalue weighted by Gasteiger charge is -2.23. The van der Waals surface area contributed by atoms with E-state index in [1.54, 1.807) is 0 Å². The minimum absolute atomic E-state index is 0.114. The number of carbonyl (C=O) groups excluding carboxylic acids is 1. The van der Waals surface area contributed by atoms with E-state index in [-0.39, 0.29) is 6.09 Å². The van der Waals surface area contributed by atoms with E-state index in [1.165, 1.54) is 19.3 Å². The Labute approximate surface area is 120 Å². The van der Waals surface area contributed by atoms with Crippen molar-refractivity contribution in [3.8, 4) is 0 Å². The number of nitrogens with zero attached hydrogens (tertiary/aromatic N) is 1. The summed E-state index contributed by atoms with van der Waals surface area (Å²) in [4.78, 5) is 13.9. The molecule has 1 amide bonds. The zero-order chi connectivity index (χ0) is 14.7. The van der Waals surface area contributed by atoms with Crippen molar-refractivity contribution in [1.29, 1.82) is 0 Å². The van der Waals surface area contributed by atoms with Crippen LogP contribution in [-0.2, 0) is 4.74 Å². The highest BCUT2D eigenvalue weighted by Crippen LogP contribution is 2.09. The highest BCUT2D eigenvalue weighted by molar-refractivity contribution is 6.76. The molecule has 0 saturated heterocycles. The van der Waals surface area contributed by atoms with Gasteiger partial charge >= 0.3 is 6.09 Å². The average molecular weight is 288 g/mol.